The number of sulfonamides is 1. The number of para-hydroxylation sites is 1. The summed E-state index contributed by atoms with van der Waals surface area (Å²) in [7, 11) is -1.27. The average molecular weight is 559 g/mol. The Balaban J connectivity index is 1.39. The first-order valence-corrected chi connectivity index (χ1v) is 12.9. The second kappa shape index (κ2) is 11.4. The van der Waals surface area contributed by atoms with Crippen molar-refractivity contribution in [1.82, 2.24) is 9.97 Å². The second-order valence-electron chi connectivity index (χ2n) is 7.81. The first-order valence-electron chi connectivity index (χ1n) is 11.1. The van der Waals surface area contributed by atoms with Gasteiger partial charge in [-0.2, -0.15) is 9.97 Å². The zero-order chi connectivity index (χ0) is 27.3. The molecule has 0 atom stereocenters. The third kappa shape index (κ3) is 6.33. The number of nitrogens with zero attached hydrogens (tertiary/aromatic N) is 2. The maximum absolute atomic E-state index is 12.8. The van der Waals surface area contributed by atoms with Crippen LogP contribution < -0.4 is 24.2 Å². The minimum Gasteiger partial charge on any atom is -0.484 e. The van der Waals surface area contributed by atoms with Crippen LogP contribution in [0.3, 0.4) is 0 Å². The summed E-state index contributed by atoms with van der Waals surface area (Å²) in [5.41, 5.74) is 1.24. The molecule has 11 nitrogen and oxygen atoms in total. The SMILES string of the molecule is COc1cc(NS(=O)(=O)c2ccc(NC(=O)c3ccc(COc4c(C)cccc4Cl)o3)cc2)nc(OC)n1. The van der Waals surface area contributed by atoms with Gasteiger partial charge in [-0.25, -0.2) is 8.42 Å². The lowest BCUT2D eigenvalue weighted by molar-refractivity contribution is 0.0992. The Bertz CT molecular complexity index is 1510. The van der Waals surface area contributed by atoms with Gasteiger partial charge >= 0.3 is 6.01 Å². The number of rotatable bonds is 10. The molecule has 0 saturated heterocycles. The lowest BCUT2D eigenvalue weighted by Crippen LogP contribution is -2.15. The predicted octanol–water partition coefficient (Wildman–Crippen LogP) is 4.68. The number of amides is 1. The molecule has 0 unspecified atom stereocenters. The number of carbonyl (C=O) groups is 1. The molecule has 0 radical (unpaired) electrons. The summed E-state index contributed by atoms with van der Waals surface area (Å²) in [5, 5.41) is 3.14. The number of hydrogen-bond acceptors (Lipinski definition) is 9. The lowest BCUT2D eigenvalue weighted by atomic mass is 10.2. The van der Waals surface area contributed by atoms with Crippen LogP contribution in [-0.2, 0) is 16.6 Å². The highest BCUT2D eigenvalue weighted by Crippen LogP contribution is 2.29. The molecule has 0 saturated carbocycles. The summed E-state index contributed by atoms with van der Waals surface area (Å²) >= 11 is 6.17. The summed E-state index contributed by atoms with van der Waals surface area (Å²) in [5.74, 6) is 0.607. The molecule has 1 amide bonds. The molecular formula is C25H23ClN4O7S. The fraction of sp³-hybridized carbons (Fsp3) is 0.160. The molecule has 2 N–H and O–H groups in total. The normalized spacial score (nSPS) is 11.1. The van der Waals surface area contributed by atoms with Gasteiger partial charge in [-0.1, -0.05) is 23.7 Å². The standard InChI is InChI=1S/C25H23ClN4O7S/c1-15-5-4-6-19(26)23(15)36-14-17-9-12-20(37-17)24(31)27-16-7-10-18(11-8-16)38(32,33)30-21-13-22(34-2)29-25(28-21)35-3/h4-13H,14H2,1-3H3,(H,27,31)(H,28,29,30). The smallest absolute Gasteiger partial charge is 0.321 e. The predicted molar refractivity (Wildman–Crippen MR) is 140 cm³/mol. The van der Waals surface area contributed by atoms with Crippen LogP contribution in [0.5, 0.6) is 17.6 Å². The molecule has 2 heterocycles. The van der Waals surface area contributed by atoms with Crippen LogP contribution in [0.4, 0.5) is 11.5 Å². The van der Waals surface area contributed by atoms with Crippen molar-refractivity contribution in [2.45, 2.75) is 18.4 Å². The Morgan fingerprint density at radius 3 is 2.47 bits per heavy atom. The molecule has 4 rings (SSSR count). The number of methoxy groups -OCH3 is 2. The number of hydrogen-bond donors (Lipinski definition) is 2. The van der Waals surface area contributed by atoms with Crippen LogP contribution in [0, 0.1) is 6.92 Å². The van der Waals surface area contributed by atoms with Gasteiger partial charge in [-0.15, -0.1) is 0 Å². The van der Waals surface area contributed by atoms with Crippen molar-refractivity contribution in [3.8, 4) is 17.6 Å². The summed E-state index contributed by atoms with van der Waals surface area (Å²) in [6, 6.07) is 15.4. The Kier molecular flexibility index (Phi) is 8.03. The minimum absolute atomic E-state index is 0.0339. The Morgan fingerprint density at radius 2 is 1.79 bits per heavy atom. The van der Waals surface area contributed by atoms with E-state index in [1.807, 2.05) is 19.1 Å². The third-order valence-corrected chi connectivity index (χ3v) is 6.81. The second-order valence-corrected chi connectivity index (χ2v) is 9.90. The molecule has 0 fully saturated rings. The van der Waals surface area contributed by atoms with Crippen molar-refractivity contribution >= 4 is 39.0 Å². The first-order chi connectivity index (χ1) is 18.2. The van der Waals surface area contributed by atoms with Gasteiger partial charge in [0.25, 0.3) is 15.9 Å². The van der Waals surface area contributed by atoms with E-state index in [1.54, 1.807) is 12.1 Å². The van der Waals surface area contributed by atoms with Crippen molar-refractivity contribution in [2.75, 3.05) is 24.3 Å². The number of nitrogens with one attached hydrogen (secondary N) is 2. The number of ether oxygens (including phenoxy) is 3. The van der Waals surface area contributed by atoms with Gasteiger partial charge in [0.15, 0.2) is 11.6 Å². The number of aryl methyl sites for hydroxylation is 1. The van der Waals surface area contributed by atoms with Gasteiger partial charge in [-0.05, 0) is 55.0 Å². The van der Waals surface area contributed by atoms with Crippen LogP contribution in [0.15, 0.2) is 70.0 Å². The monoisotopic (exact) mass is 558 g/mol. The molecule has 4 aromatic rings. The Morgan fingerprint density at radius 1 is 1.03 bits per heavy atom. The van der Waals surface area contributed by atoms with Crippen LogP contribution in [-0.4, -0.2) is 38.5 Å². The molecule has 0 aliphatic heterocycles. The number of benzene rings is 2. The van der Waals surface area contributed by atoms with Crippen LogP contribution >= 0.6 is 11.6 Å². The molecule has 0 bridgehead atoms. The van der Waals surface area contributed by atoms with Crippen molar-refractivity contribution < 1.29 is 31.8 Å². The van der Waals surface area contributed by atoms with Gasteiger partial charge in [0.05, 0.1) is 24.1 Å². The van der Waals surface area contributed by atoms with E-state index in [9.17, 15) is 13.2 Å². The van der Waals surface area contributed by atoms with Crippen molar-refractivity contribution in [3.05, 3.63) is 82.8 Å². The highest BCUT2D eigenvalue weighted by Gasteiger charge is 2.18. The van der Waals surface area contributed by atoms with E-state index in [0.29, 0.717) is 22.2 Å². The summed E-state index contributed by atoms with van der Waals surface area (Å²) < 4.78 is 49.2. The van der Waals surface area contributed by atoms with Crippen molar-refractivity contribution in [1.29, 1.82) is 0 Å². The number of anilines is 2. The number of halogens is 1. The van der Waals surface area contributed by atoms with Crippen molar-refractivity contribution in [3.63, 3.8) is 0 Å². The summed E-state index contributed by atoms with van der Waals surface area (Å²) in [6.07, 6.45) is 0. The zero-order valence-corrected chi connectivity index (χ0v) is 22.1. The average Bonchev–Trinajstić information content (AvgIpc) is 3.37. The van der Waals surface area contributed by atoms with E-state index in [2.05, 4.69) is 20.0 Å². The van der Waals surface area contributed by atoms with E-state index in [1.165, 1.54) is 50.6 Å². The molecule has 198 valence electrons. The van der Waals surface area contributed by atoms with Gasteiger partial charge in [0.2, 0.25) is 5.88 Å². The van der Waals surface area contributed by atoms with E-state index < -0.39 is 15.9 Å². The summed E-state index contributed by atoms with van der Waals surface area (Å²) in [4.78, 5) is 20.4. The molecule has 2 aromatic carbocycles. The van der Waals surface area contributed by atoms with Gasteiger partial charge in [0.1, 0.15) is 18.1 Å². The van der Waals surface area contributed by atoms with Crippen molar-refractivity contribution in [2.24, 2.45) is 0 Å². The number of carbonyl (C=O) groups excluding carboxylic acids is 1. The van der Waals surface area contributed by atoms with Gasteiger partial charge < -0.3 is 23.9 Å². The molecule has 0 aliphatic rings. The minimum atomic E-state index is -4.00. The fourth-order valence-electron chi connectivity index (χ4n) is 3.28. The topological polar surface area (TPSA) is 142 Å². The molecular weight excluding hydrogens is 536 g/mol. The number of aromatic nitrogens is 2. The zero-order valence-electron chi connectivity index (χ0n) is 20.5. The molecule has 2 aromatic heterocycles. The first kappa shape index (κ1) is 26.8. The van der Waals surface area contributed by atoms with Crippen LogP contribution in [0.25, 0.3) is 0 Å². The van der Waals surface area contributed by atoms with E-state index in [4.69, 9.17) is 30.2 Å². The van der Waals surface area contributed by atoms with E-state index >= 15 is 0 Å². The molecule has 0 aliphatic carbocycles. The fourth-order valence-corrected chi connectivity index (χ4v) is 4.55. The Labute approximate surface area is 223 Å². The Hall–Kier alpha value is -4.29. The van der Waals surface area contributed by atoms with E-state index in [0.717, 1.165) is 5.56 Å². The van der Waals surface area contributed by atoms with Gasteiger partial charge in [0, 0.05) is 11.8 Å². The highest BCUT2D eigenvalue weighted by atomic mass is 35.5. The summed E-state index contributed by atoms with van der Waals surface area (Å²) in [6.45, 7) is 1.96. The maximum atomic E-state index is 12.8. The van der Waals surface area contributed by atoms with Crippen LogP contribution in [0.1, 0.15) is 21.9 Å². The maximum Gasteiger partial charge on any atom is 0.321 e. The van der Waals surface area contributed by atoms with Crippen LogP contribution in [0.2, 0.25) is 5.02 Å². The number of furan rings is 1. The van der Waals surface area contributed by atoms with Gasteiger partial charge in [-0.3, -0.25) is 9.52 Å². The molecule has 13 heteroatoms. The highest BCUT2D eigenvalue weighted by molar-refractivity contribution is 7.92. The molecule has 38 heavy (non-hydrogen) atoms. The third-order valence-electron chi connectivity index (χ3n) is 5.14. The molecule has 0 spiro atoms. The quantitative estimate of drug-likeness (QED) is 0.283. The van der Waals surface area contributed by atoms with E-state index in [-0.39, 0.29) is 35.0 Å². The largest absolute Gasteiger partial charge is 0.484 e. The lowest BCUT2D eigenvalue weighted by Gasteiger charge is -2.10.